The zero-order valence-corrected chi connectivity index (χ0v) is 7.93. The summed E-state index contributed by atoms with van der Waals surface area (Å²) < 4.78 is 30.6. The molecule has 0 bridgehead atoms. The minimum absolute atomic E-state index is 0.0829. The third kappa shape index (κ3) is 1.43. The van der Waals surface area contributed by atoms with Crippen molar-refractivity contribution in [3.63, 3.8) is 0 Å². The standard InChI is InChI=1S/C9H15F2NO2/c10-9(11)4-7(12,5-9)8(13)2-1-3-14-6-8/h13H,1-6,12H2. The molecule has 0 aromatic carbocycles. The maximum Gasteiger partial charge on any atom is 0.251 e. The summed E-state index contributed by atoms with van der Waals surface area (Å²) in [5.74, 6) is -2.71. The summed E-state index contributed by atoms with van der Waals surface area (Å²) in [6.45, 7) is 0.661. The van der Waals surface area contributed by atoms with E-state index in [1.54, 1.807) is 0 Å². The monoisotopic (exact) mass is 207 g/mol. The van der Waals surface area contributed by atoms with Crippen LogP contribution in [0.1, 0.15) is 25.7 Å². The first-order chi connectivity index (χ1) is 6.37. The third-order valence-corrected chi connectivity index (χ3v) is 3.29. The highest BCUT2D eigenvalue weighted by atomic mass is 19.3. The fourth-order valence-corrected chi connectivity index (χ4v) is 2.37. The van der Waals surface area contributed by atoms with Crippen molar-refractivity contribution in [2.75, 3.05) is 13.2 Å². The van der Waals surface area contributed by atoms with Crippen LogP contribution in [0.15, 0.2) is 0 Å². The summed E-state index contributed by atoms with van der Waals surface area (Å²) >= 11 is 0. The molecule has 1 heterocycles. The van der Waals surface area contributed by atoms with Crippen LogP contribution in [0, 0.1) is 0 Å². The molecule has 3 N–H and O–H groups in total. The molecule has 5 heteroatoms. The minimum atomic E-state index is -2.71. The summed E-state index contributed by atoms with van der Waals surface area (Å²) in [6, 6.07) is 0. The molecule has 14 heavy (non-hydrogen) atoms. The molecule has 0 radical (unpaired) electrons. The van der Waals surface area contributed by atoms with Gasteiger partial charge in [-0.3, -0.25) is 0 Å². The number of halogens is 2. The Morgan fingerprint density at radius 3 is 2.36 bits per heavy atom. The van der Waals surface area contributed by atoms with Gasteiger partial charge in [-0.25, -0.2) is 8.78 Å². The fourth-order valence-electron chi connectivity index (χ4n) is 2.37. The molecule has 1 saturated carbocycles. The number of nitrogens with two attached hydrogens (primary N) is 1. The maximum atomic E-state index is 12.7. The van der Waals surface area contributed by atoms with Gasteiger partial charge in [0.05, 0.1) is 12.1 Å². The van der Waals surface area contributed by atoms with Crippen LogP contribution < -0.4 is 5.73 Å². The first-order valence-corrected chi connectivity index (χ1v) is 4.84. The first-order valence-electron chi connectivity index (χ1n) is 4.84. The highest BCUT2D eigenvalue weighted by molar-refractivity contribution is 5.15. The summed E-state index contributed by atoms with van der Waals surface area (Å²) in [4.78, 5) is 0. The lowest BCUT2D eigenvalue weighted by molar-refractivity contribution is -0.219. The van der Waals surface area contributed by atoms with Crippen LogP contribution in [0.4, 0.5) is 8.78 Å². The Hall–Kier alpha value is -0.260. The Morgan fingerprint density at radius 1 is 1.29 bits per heavy atom. The lowest BCUT2D eigenvalue weighted by atomic mass is 9.62. The van der Waals surface area contributed by atoms with Crippen molar-refractivity contribution < 1.29 is 18.6 Å². The van der Waals surface area contributed by atoms with Crippen molar-refractivity contribution in [1.82, 2.24) is 0 Å². The number of rotatable bonds is 1. The average Bonchev–Trinajstić information content (AvgIpc) is 2.01. The smallest absolute Gasteiger partial charge is 0.251 e. The molecule has 2 rings (SSSR count). The van der Waals surface area contributed by atoms with Gasteiger partial charge in [0.2, 0.25) is 0 Å². The van der Waals surface area contributed by atoms with E-state index in [1.807, 2.05) is 0 Å². The second-order valence-corrected chi connectivity index (χ2v) is 4.55. The number of alkyl halides is 2. The molecule has 1 unspecified atom stereocenters. The van der Waals surface area contributed by atoms with Crippen molar-refractivity contribution in [2.24, 2.45) is 5.73 Å². The predicted octanol–water partition coefficient (Wildman–Crippen LogP) is 0.654. The lowest BCUT2D eigenvalue weighted by Crippen LogP contribution is -2.73. The van der Waals surface area contributed by atoms with E-state index < -0.39 is 29.9 Å². The topological polar surface area (TPSA) is 55.5 Å². The van der Waals surface area contributed by atoms with E-state index in [-0.39, 0.29) is 6.61 Å². The van der Waals surface area contributed by atoms with Gasteiger partial charge in [-0.1, -0.05) is 0 Å². The van der Waals surface area contributed by atoms with Gasteiger partial charge in [0.25, 0.3) is 5.92 Å². The molecule has 82 valence electrons. The number of hydrogen-bond acceptors (Lipinski definition) is 3. The molecular formula is C9H15F2NO2. The Bertz CT molecular complexity index is 231. The van der Waals surface area contributed by atoms with Gasteiger partial charge in [-0.05, 0) is 12.8 Å². The van der Waals surface area contributed by atoms with Crippen LogP contribution >= 0.6 is 0 Å². The van der Waals surface area contributed by atoms with Crippen LogP contribution in [0.3, 0.4) is 0 Å². The van der Waals surface area contributed by atoms with Crippen LogP contribution in [0.25, 0.3) is 0 Å². The van der Waals surface area contributed by atoms with Crippen LogP contribution in [0.2, 0.25) is 0 Å². The highest BCUT2D eigenvalue weighted by Gasteiger charge is 2.64. The largest absolute Gasteiger partial charge is 0.386 e. The van der Waals surface area contributed by atoms with Gasteiger partial charge in [-0.15, -0.1) is 0 Å². The van der Waals surface area contributed by atoms with Crippen molar-refractivity contribution in [3.05, 3.63) is 0 Å². The zero-order valence-electron chi connectivity index (χ0n) is 7.93. The van der Waals surface area contributed by atoms with Crippen LogP contribution in [0.5, 0.6) is 0 Å². The Labute approximate surface area is 81.2 Å². The quantitative estimate of drug-likeness (QED) is 0.664. The Morgan fingerprint density at radius 2 is 1.93 bits per heavy atom. The van der Waals surface area contributed by atoms with Gasteiger partial charge in [0, 0.05) is 19.4 Å². The summed E-state index contributed by atoms with van der Waals surface area (Å²) in [5.41, 5.74) is 3.36. The van der Waals surface area contributed by atoms with E-state index in [1.165, 1.54) is 0 Å². The maximum absolute atomic E-state index is 12.7. The van der Waals surface area contributed by atoms with Crippen molar-refractivity contribution in [1.29, 1.82) is 0 Å². The minimum Gasteiger partial charge on any atom is -0.386 e. The van der Waals surface area contributed by atoms with E-state index >= 15 is 0 Å². The van der Waals surface area contributed by atoms with E-state index in [0.29, 0.717) is 19.4 Å². The summed E-state index contributed by atoms with van der Waals surface area (Å²) in [7, 11) is 0. The molecule has 0 aromatic heterocycles. The van der Waals surface area contributed by atoms with E-state index in [9.17, 15) is 13.9 Å². The summed E-state index contributed by atoms with van der Waals surface area (Å²) in [5, 5.41) is 10.1. The molecule has 0 amide bonds. The fraction of sp³-hybridized carbons (Fsp3) is 1.00. The molecule has 1 atom stereocenters. The predicted molar refractivity (Wildman–Crippen MR) is 46.1 cm³/mol. The van der Waals surface area contributed by atoms with Gasteiger partial charge in [0.1, 0.15) is 5.60 Å². The average molecular weight is 207 g/mol. The molecule has 1 saturated heterocycles. The van der Waals surface area contributed by atoms with Crippen LogP contribution in [-0.2, 0) is 4.74 Å². The van der Waals surface area contributed by atoms with E-state index in [0.717, 1.165) is 0 Å². The van der Waals surface area contributed by atoms with Gasteiger partial charge in [-0.2, -0.15) is 0 Å². The molecule has 1 aliphatic carbocycles. The molecule has 2 aliphatic rings. The third-order valence-electron chi connectivity index (χ3n) is 3.29. The zero-order chi connectivity index (χ0) is 10.4. The second kappa shape index (κ2) is 2.87. The van der Waals surface area contributed by atoms with E-state index in [2.05, 4.69) is 0 Å². The van der Waals surface area contributed by atoms with Crippen LogP contribution in [-0.4, -0.2) is 35.4 Å². The van der Waals surface area contributed by atoms with Crippen molar-refractivity contribution in [2.45, 2.75) is 42.7 Å². The molecular weight excluding hydrogens is 192 g/mol. The van der Waals surface area contributed by atoms with Gasteiger partial charge < -0.3 is 15.6 Å². The molecule has 0 aromatic rings. The highest BCUT2D eigenvalue weighted by Crippen LogP contribution is 2.51. The van der Waals surface area contributed by atoms with E-state index in [4.69, 9.17) is 10.5 Å². The first kappa shape index (κ1) is 10.3. The Balaban J connectivity index is 2.07. The van der Waals surface area contributed by atoms with Crippen molar-refractivity contribution in [3.8, 4) is 0 Å². The number of aliphatic hydroxyl groups is 1. The molecule has 1 aliphatic heterocycles. The summed E-state index contributed by atoms with van der Waals surface area (Å²) in [6.07, 6.45) is 0.278. The number of hydrogen-bond donors (Lipinski definition) is 2. The second-order valence-electron chi connectivity index (χ2n) is 4.55. The molecule has 2 fully saturated rings. The van der Waals surface area contributed by atoms with Gasteiger partial charge >= 0.3 is 0 Å². The molecule has 0 spiro atoms. The normalized spacial score (nSPS) is 40.3. The molecule has 3 nitrogen and oxygen atoms in total. The van der Waals surface area contributed by atoms with Gasteiger partial charge in [0.15, 0.2) is 0 Å². The Kier molecular flexibility index (Phi) is 2.10. The lowest BCUT2D eigenvalue weighted by Gasteiger charge is -2.54. The SMILES string of the molecule is NC1(C2(O)CCCOC2)CC(F)(F)C1. The van der Waals surface area contributed by atoms with Crippen molar-refractivity contribution >= 4 is 0 Å². The number of ether oxygens (including phenoxy) is 1.